The van der Waals surface area contributed by atoms with E-state index in [4.69, 9.17) is 24.4 Å². The summed E-state index contributed by atoms with van der Waals surface area (Å²) >= 11 is 0. The Morgan fingerprint density at radius 2 is 0.764 bits per heavy atom. The first-order chi connectivity index (χ1) is 54.1. The van der Waals surface area contributed by atoms with Crippen LogP contribution in [0.3, 0.4) is 0 Å². The maximum Gasteiger partial charge on any atom is 0.220 e. The van der Waals surface area contributed by atoms with E-state index in [2.05, 4.69) is 291 Å². The molecule has 0 amide bonds. The zero-order valence-corrected chi connectivity index (χ0v) is 61.6. The van der Waals surface area contributed by atoms with Crippen LogP contribution in [0.5, 0.6) is 0 Å². The van der Waals surface area contributed by atoms with Crippen LogP contribution >= 0.6 is 0 Å². The smallest absolute Gasteiger partial charge is 0.220 e. The number of furan rings is 1. The molecule has 1 aliphatic rings. The Balaban J connectivity index is 0.000000129. The number of hydrogen-bond acceptors (Lipinski definition) is 7. The number of imidazole rings is 1. The van der Waals surface area contributed by atoms with Gasteiger partial charge >= 0.3 is 0 Å². The first-order valence-electron chi connectivity index (χ1n) is 36.5. The average Bonchev–Trinajstić information content (AvgIpc) is 1.59. The Kier molecular flexibility index (Phi) is 17.3. The molecule has 15 aromatic carbocycles. The van der Waals surface area contributed by atoms with Gasteiger partial charge in [0.2, 0.25) is 5.95 Å². The SMILES string of the molecule is [Ir].[c-]1ccccc1-c1ccccn1.c1ccc(-c2nc(-c3ccccc3)nc(-c3cccc(N4c5ccccc5-c5ccccc5-n5c4nc4ccccc45)c3)n2)cc1.c1ccc(-n2c3ccccc3c3cc(-c4ccc5c(c4)c4ccccc4n5-c4ccc(-c5cccc6c5oc5ccccc56)cc4)ccc32)cc1. The molecule has 0 unspecified atom stereocenters. The van der Waals surface area contributed by atoms with Crippen molar-refractivity contribution in [3.63, 3.8) is 0 Å². The predicted molar refractivity (Wildman–Crippen MR) is 446 cm³/mol. The summed E-state index contributed by atoms with van der Waals surface area (Å²) in [6.07, 6.45) is 1.79. The van der Waals surface area contributed by atoms with Gasteiger partial charge in [-0.1, -0.05) is 249 Å². The number of rotatable bonds is 9. The van der Waals surface area contributed by atoms with Crippen molar-refractivity contribution in [1.29, 1.82) is 0 Å². The third-order valence-corrected chi connectivity index (χ3v) is 20.6. The van der Waals surface area contributed by atoms with Crippen LogP contribution in [0.4, 0.5) is 17.3 Å². The number of nitrogens with zero attached hydrogens (tertiary/aromatic N) is 9. The standard InChI is InChI=1S/C48H30N2O.C40H26N6.C11H8N.Ir/c1-2-11-34(12-3-1)49-43-18-7-4-13-37(43)41-29-32(23-27-45(41)49)33-24-28-46-42(30-33)38-14-5-8-19-44(38)50(46)35-25-21-31(22-26-35)36-16-10-17-40-39-15-6-9-20-47(39)51-48(36)40;1-3-14-27(15-4-1)37-42-38(28-16-5-2-6-17-28)44-39(43-37)29-18-13-19-30(26-29)45-34-23-10-7-20-31(34)32-21-8-11-24-35(32)46-36-25-12-9-22-33(36)41-40(45)46;1-2-6-10(7-3-1)11-8-4-5-9-12-11;/h1-30H;1-26H;1-6,8-9H;/q;;-1;. The van der Waals surface area contributed by atoms with Crippen molar-refractivity contribution < 1.29 is 24.5 Å². The predicted octanol–water partition coefficient (Wildman–Crippen LogP) is 25.3. The van der Waals surface area contributed by atoms with Gasteiger partial charge in [-0.15, -0.1) is 35.9 Å². The fourth-order valence-corrected chi connectivity index (χ4v) is 15.6. The molecule has 110 heavy (non-hydrogen) atoms. The van der Waals surface area contributed by atoms with Gasteiger partial charge in [0, 0.05) is 109 Å². The normalized spacial score (nSPS) is 11.5. The zero-order chi connectivity index (χ0) is 72.1. The minimum Gasteiger partial charge on any atom is -0.455 e. The van der Waals surface area contributed by atoms with Crippen LogP contribution in [-0.2, 0) is 20.1 Å². The largest absolute Gasteiger partial charge is 0.455 e. The molecule has 1 radical (unpaired) electrons. The van der Waals surface area contributed by atoms with Crippen LogP contribution in [0.1, 0.15) is 0 Å². The third-order valence-electron chi connectivity index (χ3n) is 20.6. The molecule has 0 fully saturated rings. The molecule has 1 aliphatic heterocycles. The molecular formula is C99H64IrN9O-. The number of hydrogen-bond donors (Lipinski definition) is 0. The number of para-hydroxylation sites is 9. The summed E-state index contributed by atoms with van der Waals surface area (Å²) in [5, 5.41) is 7.29. The summed E-state index contributed by atoms with van der Waals surface area (Å²) < 4.78 is 13.4. The Hall–Kier alpha value is -14.2. The van der Waals surface area contributed by atoms with Crippen molar-refractivity contribution in [1.82, 2.24) is 38.6 Å². The molecule has 0 spiro atoms. The van der Waals surface area contributed by atoms with Crippen LogP contribution in [0.25, 0.3) is 172 Å². The first kappa shape index (κ1) is 66.5. The second-order valence-corrected chi connectivity index (χ2v) is 27.0. The number of aromatic nitrogens is 8. The van der Waals surface area contributed by atoms with Crippen LogP contribution < -0.4 is 4.90 Å². The Labute approximate surface area is 647 Å². The molecular weight excluding hydrogens is 1520 g/mol. The summed E-state index contributed by atoms with van der Waals surface area (Å²) in [5.74, 6) is 2.69. The molecule has 6 aromatic heterocycles. The van der Waals surface area contributed by atoms with Crippen LogP contribution in [0.2, 0.25) is 0 Å². The fraction of sp³-hybridized carbons (Fsp3) is 0. The maximum absolute atomic E-state index is 6.36. The van der Waals surface area contributed by atoms with E-state index in [0.717, 1.165) is 112 Å². The summed E-state index contributed by atoms with van der Waals surface area (Å²) in [6.45, 7) is 0. The van der Waals surface area contributed by atoms with Gasteiger partial charge < -0.3 is 18.5 Å². The molecule has 21 aromatic rings. The molecule has 22 rings (SSSR count). The van der Waals surface area contributed by atoms with Crippen molar-refractivity contribution in [3.05, 3.63) is 394 Å². The second-order valence-electron chi connectivity index (χ2n) is 27.0. The molecule has 0 N–H and O–H groups in total. The minimum absolute atomic E-state index is 0. The quantitative estimate of drug-likeness (QED) is 0.133. The van der Waals surface area contributed by atoms with Gasteiger partial charge in [-0.25, -0.2) is 19.9 Å². The Bertz CT molecular complexity index is 6880. The molecule has 0 bridgehead atoms. The molecule has 521 valence electrons. The van der Waals surface area contributed by atoms with Gasteiger partial charge in [-0.2, -0.15) is 0 Å². The van der Waals surface area contributed by atoms with E-state index in [1.54, 1.807) is 6.20 Å². The van der Waals surface area contributed by atoms with E-state index in [9.17, 15) is 0 Å². The van der Waals surface area contributed by atoms with Crippen molar-refractivity contribution in [2.45, 2.75) is 0 Å². The molecule has 11 heteroatoms. The maximum atomic E-state index is 6.36. The molecule has 10 nitrogen and oxygen atoms in total. The molecule has 7 heterocycles. The third kappa shape index (κ3) is 12.0. The van der Waals surface area contributed by atoms with Crippen molar-refractivity contribution in [2.24, 2.45) is 0 Å². The van der Waals surface area contributed by atoms with E-state index < -0.39 is 0 Å². The molecule has 0 aliphatic carbocycles. The first-order valence-corrected chi connectivity index (χ1v) is 36.5. The number of benzene rings is 15. The van der Waals surface area contributed by atoms with Gasteiger partial charge in [0.25, 0.3) is 0 Å². The topological polar surface area (TPSA) is 95.6 Å². The Morgan fingerprint density at radius 3 is 1.41 bits per heavy atom. The van der Waals surface area contributed by atoms with Crippen molar-refractivity contribution in [3.8, 4) is 95.9 Å². The summed E-state index contributed by atoms with van der Waals surface area (Å²) in [4.78, 5) is 26.6. The van der Waals surface area contributed by atoms with Crippen LogP contribution in [0.15, 0.2) is 393 Å². The average molecular weight is 1590 g/mol. The summed E-state index contributed by atoms with van der Waals surface area (Å²) in [7, 11) is 0. The van der Waals surface area contributed by atoms with E-state index >= 15 is 0 Å². The summed E-state index contributed by atoms with van der Waals surface area (Å²) in [6, 6.07) is 136. The van der Waals surface area contributed by atoms with Gasteiger partial charge in [-0.05, 0) is 132 Å². The summed E-state index contributed by atoms with van der Waals surface area (Å²) in [5.41, 5.74) is 25.8. The fourth-order valence-electron chi connectivity index (χ4n) is 15.6. The molecule has 0 atom stereocenters. The number of pyridine rings is 1. The molecule has 0 saturated heterocycles. The van der Waals surface area contributed by atoms with E-state index in [-0.39, 0.29) is 20.1 Å². The van der Waals surface area contributed by atoms with Gasteiger partial charge in [0.1, 0.15) is 11.2 Å². The zero-order valence-electron chi connectivity index (χ0n) is 59.2. The molecule has 0 saturated carbocycles. The number of anilines is 3. The van der Waals surface area contributed by atoms with Crippen LogP contribution in [-0.4, -0.2) is 38.6 Å². The number of fused-ring (bicyclic) bond motifs is 16. The van der Waals surface area contributed by atoms with Crippen LogP contribution in [0, 0.1) is 6.07 Å². The van der Waals surface area contributed by atoms with Crippen molar-refractivity contribution in [2.75, 3.05) is 4.90 Å². The van der Waals surface area contributed by atoms with Gasteiger partial charge in [0.05, 0.1) is 44.5 Å². The minimum atomic E-state index is 0. The van der Waals surface area contributed by atoms with E-state index in [1.807, 2.05) is 121 Å². The van der Waals surface area contributed by atoms with Crippen molar-refractivity contribution >= 4 is 93.9 Å². The van der Waals surface area contributed by atoms with E-state index in [1.165, 1.54) is 60.4 Å². The van der Waals surface area contributed by atoms with E-state index in [0.29, 0.717) is 17.5 Å². The Morgan fingerprint density at radius 1 is 0.282 bits per heavy atom. The van der Waals surface area contributed by atoms with Gasteiger partial charge in [0.15, 0.2) is 17.5 Å². The van der Waals surface area contributed by atoms with Gasteiger partial charge in [-0.3, -0.25) is 9.47 Å². The monoisotopic (exact) mass is 1590 g/mol. The second kappa shape index (κ2) is 28.6.